The van der Waals surface area contributed by atoms with Crippen LogP contribution in [-0.2, 0) is 15.9 Å². The van der Waals surface area contributed by atoms with Gasteiger partial charge >= 0.3 is 0 Å². The summed E-state index contributed by atoms with van der Waals surface area (Å²) in [6, 6.07) is 7.59. The summed E-state index contributed by atoms with van der Waals surface area (Å²) in [7, 11) is 1.73. The lowest BCUT2D eigenvalue weighted by atomic mass is 9.86. The van der Waals surface area contributed by atoms with Crippen molar-refractivity contribution >= 4 is 5.91 Å². The molecule has 0 N–H and O–H groups in total. The van der Waals surface area contributed by atoms with E-state index in [2.05, 4.69) is 58.7 Å². The number of likely N-dealkylation sites (tertiary alicyclic amines) is 1. The van der Waals surface area contributed by atoms with Crippen LogP contribution in [0.15, 0.2) is 24.5 Å². The number of aryl methyl sites for hydroxylation is 3. The van der Waals surface area contributed by atoms with Crippen LogP contribution in [0.5, 0.6) is 0 Å². The molecule has 212 valence electrons. The summed E-state index contributed by atoms with van der Waals surface area (Å²) in [6.45, 7) is 16.6. The molecule has 0 radical (unpaired) electrons. The Bertz CT molecular complexity index is 1160. The maximum atomic E-state index is 13.3. The molecule has 2 fully saturated rings. The van der Waals surface area contributed by atoms with Gasteiger partial charge in [0.2, 0.25) is 0 Å². The number of hydrogen-bond acceptors (Lipinski definition) is 7. The third-order valence-electron chi connectivity index (χ3n) is 9.38. The average molecular weight is 536 g/mol. The maximum Gasteiger partial charge on any atom is 0.257 e. The first-order valence-corrected chi connectivity index (χ1v) is 14.5. The van der Waals surface area contributed by atoms with Gasteiger partial charge in [-0.1, -0.05) is 23.8 Å². The molecule has 8 nitrogen and oxygen atoms in total. The molecule has 2 saturated heterocycles. The van der Waals surface area contributed by atoms with E-state index in [0.29, 0.717) is 24.8 Å². The van der Waals surface area contributed by atoms with E-state index >= 15 is 0 Å². The Hall–Kier alpha value is -2.39. The zero-order valence-corrected chi connectivity index (χ0v) is 24.6. The quantitative estimate of drug-likeness (QED) is 0.501. The number of methoxy groups -OCH3 is 1. The predicted octanol–water partition coefficient (Wildman–Crippen LogP) is 3.73. The fraction of sp³-hybridized carbons (Fsp3) is 0.645. The van der Waals surface area contributed by atoms with Gasteiger partial charge in [-0.3, -0.25) is 14.6 Å². The van der Waals surface area contributed by atoms with Crippen LogP contribution in [0.3, 0.4) is 0 Å². The molecule has 1 aromatic heterocycles. The van der Waals surface area contributed by atoms with E-state index < -0.39 is 0 Å². The van der Waals surface area contributed by atoms with Gasteiger partial charge in [-0.25, -0.2) is 9.97 Å². The minimum absolute atomic E-state index is 0.0699. The van der Waals surface area contributed by atoms with Crippen molar-refractivity contribution in [3.63, 3.8) is 0 Å². The third kappa shape index (κ3) is 5.62. The average Bonchev–Trinajstić information content (AvgIpc) is 3.26. The monoisotopic (exact) mass is 535 g/mol. The number of nitrogens with zero attached hydrogens (tertiary/aromatic N) is 5. The third-order valence-corrected chi connectivity index (χ3v) is 9.38. The van der Waals surface area contributed by atoms with Gasteiger partial charge in [-0.2, -0.15) is 0 Å². The Kier molecular flexibility index (Phi) is 8.38. The first-order valence-electron chi connectivity index (χ1n) is 14.5. The van der Waals surface area contributed by atoms with E-state index in [9.17, 15) is 4.79 Å². The van der Waals surface area contributed by atoms with Gasteiger partial charge in [0, 0.05) is 57.8 Å². The van der Waals surface area contributed by atoms with Crippen LogP contribution in [0.25, 0.3) is 0 Å². The number of fused-ring (bicyclic) bond motifs is 1. The van der Waals surface area contributed by atoms with Crippen molar-refractivity contribution in [2.75, 3.05) is 53.0 Å². The van der Waals surface area contributed by atoms with Gasteiger partial charge in [0.05, 0.1) is 42.3 Å². The highest BCUT2D eigenvalue weighted by Crippen LogP contribution is 2.41. The summed E-state index contributed by atoms with van der Waals surface area (Å²) in [6.07, 6.45) is 4.61. The number of carbonyl (C=O) groups is 1. The first kappa shape index (κ1) is 28.1. The van der Waals surface area contributed by atoms with E-state index in [0.717, 1.165) is 63.4 Å². The van der Waals surface area contributed by atoms with E-state index in [1.807, 2.05) is 18.7 Å². The van der Waals surface area contributed by atoms with Gasteiger partial charge in [0.15, 0.2) is 0 Å². The van der Waals surface area contributed by atoms with Crippen molar-refractivity contribution in [2.45, 2.75) is 77.6 Å². The lowest BCUT2D eigenvalue weighted by Gasteiger charge is -2.53. The summed E-state index contributed by atoms with van der Waals surface area (Å²) in [5.41, 5.74) is 6.45. The first-order chi connectivity index (χ1) is 18.7. The summed E-state index contributed by atoms with van der Waals surface area (Å²) in [4.78, 5) is 29.2. The molecule has 2 aromatic rings. The largest absolute Gasteiger partial charge is 0.382 e. The molecule has 1 aromatic carbocycles. The van der Waals surface area contributed by atoms with Crippen molar-refractivity contribution in [1.29, 1.82) is 0 Å². The minimum atomic E-state index is 0.0699. The highest BCUT2D eigenvalue weighted by atomic mass is 16.5. The van der Waals surface area contributed by atoms with E-state index in [4.69, 9.17) is 9.47 Å². The number of ether oxygens (including phenoxy) is 2. The number of piperazine rings is 1. The van der Waals surface area contributed by atoms with Crippen molar-refractivity contribution < 1.29 is 14.3 Å². The Balaban J connectivity index is 1.24. The number of rotatable bonds is 7. The second-order valence-corrected chi connectivity index (χ2v) is 12.0. The number of benzene rings is 1. The van der Waals surface area contributed by atoms with Gasteiger partial charge in [0.1, 0.15) is 6.33 Å². The van der Waals surface area contributed by atoms with Gasteiger partial charge in [-0.15, -0.1) is 0 Å². The van der Waals surface area contributed by atoms with Crippen LogP contribution in [0.4, 0.5) is 0 Å². The molecule has 1 aliphatic carbocycles. The number of carbonyl (C=O) groups excluding carboxylic acids is 1. The molecule has 3 heterocycles. The second kappa shape index (κ2) is 11.6. The smallest absolute Gasteiger partial charge is 0.257 e. The lowest BCUT2D eigenvalue weighted by molar-refractivity contribution is -0.0705. The molecule has 0 spiro atoms. The fourth-order valence-corrected chi connectivity index (χ4v) is 7.00. The predicted molar refractivity (Wildman–Crippen MR) is 152 cm³/mol. The van der Waals surface area contributed by atoms with Crippen LogP contribution in [0.2, 0.25) is 0 Å². The molecule has 39 heavy (non-hydrogen) atoms. The van der Waals surface area contributed by atoms with Crippen molar-refractivity contribution in [2.24, 2.45) is 0 Å². The maximum absolute atomic E-state index is 13.3. The number of piperidine rings is 1. The molecule has 5 rings (SSSR count). The number of hydrogen-bond donors (Lipinski definition) is 0. The summed E-state index contributed by atoms with van der Waals surface area (Å²) >= 11 is 0. The Labute approximate surface area is 233 Å². The minimum Gasteiger partial charge on any atom is -0.382 e. The number of amides is 1. The highest BCUT2D eigenvalue weighted by molar-refractivity contribution is 5.96. The fourth-order valence-electron chi connectivity index (χ4n) is 7.00. The van der Waals surface area contributed by atoms with Crippen molar-refractivity contribution in [1.82, 2.24) is 24.7 Å². The molecule has 3 atom stereocenters. The van der Waals surface area contributed by atoms with Crippen LogP contribution in [0.1, 0.15) is 71.2 Å². The summed E-state index contributed by atoms with van der Waals surface area (Å²) in [5, 5.41) is 0. The highest BCUT2D eigenvalue weighted by Gasteiger charge is 2.44. The molecule has 0 saturated carbocycles. The van der Waals surface area contributed by atoms with E-state index in [1.165, 1.54) is 23.0 Å². The lowest BCUT2D eigenvalue weighted by Crippen LogP contribution is -2.62. The normalized spacial score (nSPS) is 25.6. The van der Waals surface area contributed by atoms with E-state index in [1.54, 1.807) is 7.11 Å². The Morgan fingerprint density at radius 3 is 2.44 bits per heavy atom. The molecule has 3 aliphatic rings. The Morgan fingerprint density at radius 1 is 1.05 bits per heavy atom. The van der Waals surface area contributed by atoms with Gasteiger partial charge in [-0.05, 0) is 58.6 Å². The molecule has 2 aliphatic heterocycles. The summed E-state index contributed by atoms with van der Waals surface area (Å²) in [5.74, 6) is 0.0699. The SMILES string of the molecule is COCCO[C@@H]1Cc2cc(C)ccc2C1N1CCN(C2(C)CCN(C(=O)c3c(C)ncnc3C)CC2)C[C@@H]1C. The standard InChI is InChI=1S/C31H45N5O3/c1-21-7-8-26-25(17-21)18-27(39-16-15-38-6)29(26)36-14-13-35(19-22(36)2)31(5)9-11-34(12-10-31)30(37)28-23(3)32-20-33-24(28)4/h7-8,17,20,22,27,29H,9-16,18-19H2,1-6H3/t22-,27+,29?/m0/s1. The van der Waals surface area contributed by atoms with Crippen LogP contribution < -0.4 is 0 Å². The molecular weight excluding hydrogens is 490 g/mol. The van der Waals surface area contributed by atoms with E-state index in [-0.39, 0.29) is 23.6 Å². The van der Waals surface area contributed by atoms with Gasteiger partial charge < -0.3 is 14.4 Å². The molecular formula is C31H45N5O3. The zero-order valence-electron chi connectivity index (χ0n) is 24.6. The van der Waals surface area contributed by atoms with Crippen LogP contribution >= 0.6 is 0 Å². The van der Waals surface area contributed by atoms with Crippen molar-refractivity contribution in [3.8, 4) is 0 Å². The second-order valence-electron chi connectivity index (χ2n) is 12.0. The van der Waals surface area contributed by atoms with Crippen molar-refractivity contribution in [3.05, 3.63) is 58.2 Å². The molecule has 1 unspecified atom stereocenters. The molecule has 1 amide bonds. The topological polar surface area (TPSA) is 71.0 Å². The Morgan fingerprint density at radius 2 is 1.77 bits per heavy atom. The van der Waals surface area contributed by atoms with Crippen LogP contribution in [-0.4, -0.2) is 101 Å². The van der Waals surface area contributed by atoms with Gasteiger partial charge in [0.25, 0.3) is 5.91 Å². The molecule has 0 bridgehead atoms. The number of aromatic nitrogens is 2. The zero-order chi connectivity index (χ0) is 27.7. The molecule has 8 heteroatoms. The summed E-state index contributed by atoms with van der Waals surface area (Å²) < 4.78 is 11.7. The van der Waals surface area contributed by atoms with Crippen LogP contribution in [0, 0.1) is 20.8 Å².